The Bertz CT molecular complexity index is 568. The summed E-state index contributed by atoms with van der Waals surface area (Å²) in [6.07, 6.45) is 3.66. The average Bonchev–Trinajstić information content (AvgIpc) is 3.31. The lowest BCUT2D eigenvalue weighted by atomic mass is 10.2. The molecule has 0 amide bonds. The maximum Gasteiger partial charge on any atom is 0.122 e. The second kappa shape index (κ2) is 8.87. The van der Waals surface area contributed by atoms with Crippen LogP contribution in [0.4, 0.5) is 0 Å². The molecule has 0 radical (unpaired) electrons. The molecule has 0 unspecified atom stereocenters. The zero-order chi connectivity index (χ0) is 16.6. The van der Waals surface area contributed by atoms with E-state index < -0.39 is 6.10 Å². The van der Waals surface area contributed by atoms with Gasteiger partial charge >= 0.3 is 0 Å². The highest BCUT2D eigenvalue weighted by Gasteiger charge is 2.25. The third-order valence-electron chi connectivity index (χ3n) is 4.36. The topological polar surface area (TPSA) is 57.9 Å². The number of nitrogens with zero attached hydrogens (tertiary/aromatic N) is 1. The highest BCUT2D eigenvalue weighted by Crippen LogP contribution is 2.24. The average molecular weight is 330 g/mol. The van der Waals surface area contributed by atoms with Crippen LogP contribution >= 0.6 is 0 Å². The number of para-hydroxylation sites is 1. The number of furan rings is 1. The second-order valence-corrected chi connectivity index (χ2v) is 6.21. The summed E-state index contributed by atoms with van der Waals surface area (Å²) in [5.41, 5.74) is 0. The molecule has 2 atom stereocenters. The molecule has 2 heterocycles. The van der Waals surface area contributed by atoms with E-state index in [1.165, 1.54) is 12.8 Å². The predicted octanol–water partition coefficient (Wildman–Crippen LogP) is 2.45. The van der Waals surface area contributed by atoms with Gasteiger partial charge in [-0.1, -0.05) is 18.2 Å². The number of benzene rings is 1. The molecular formula is C19H26N2O3. The van der Waals surface area contributed by atoms with Gasteiger partial charge in [0.2, 0.25) is 0 Å². The fourth-order valence-corrected chi connectivity index (χ4v) is 3.10. The lowest BCUT2D eigenvalue weighted by molar-refractivity contribution is 0.103. The third kappa shape index (κ3) is 4.84. The van der Waals surface area contributed by atoms with Crippen LogP contribution < -0.4 is 10.1 Å². The molecule has 3 rings (SSSR count). The van der Waals surface area contributed by atoms with Crippen LogP contribution in [0.25, 0.3) is 0 Å². The highest BCUT2D eigenvalue weighted by atomic mass is 16.5. The number of rotatable bonds is 9. The van der Waals surface area contributed by atoms with Crippen molar-refractivity contribution in [2.24, 2.45) is 0 Å². The van der Waals surface area contributed by atoms with Crippen LogP contribution in [-0.4, -0.2) is 48.9 Å². The van der Waals surface area contributed by atoms with Crippen LogP contribution in [0.3, 0.4) is 0 Å². The molecule has 1 aliphatic heterocycles. The minimum atomic E-state index is -0.541. The van der Waals surface area contributed by atoms with Crippen molar-refractivity contribution in [1.29, 1.82) is 0 Å². The smallest absolute Gasteiger partial charge is 0.122 e. The van der Waals surface area contributed by atoms with E-state index in [0.717, 1.165) is 31.1 Å². The largest absolute Gasteiger partial charge is 0.491 e. The maximum absolute atomic E-state index is 10.1. The molecule has 1 saturated heterocycles. The van der Waals surface area contributed by atoms with E-state index >= 15 is 0 Å². The molecule has 0 saturated carbocycles. The van der Waals surface area contributed by atoms with E-state index in [2.05, 4.69) is 10.2 Å². The Morgan fingerprint density at radius 1 is 1.08 bits per heavy atom. The van der Waals surface area contributed by atoms with Crippen LogP contribution in [0.1, 0.15) is 24.6 Å². The minimum absolute atomic E-state index is 0.227. The van der Waals surface area contributed by atoms with Gasteiger partial charge in [0.05, 0.1) is 12.3 Å². The van der Waals surface area contributed by atoms with Crippen molar-refractivity contribution >= 4 is 0 Å². The maximum atomic E-state index is 10.1. The molecule has 5 heteroatoms. The number of hydrogen-bond acceptors (Lipinski definition) is 5. The number of aliphatic hydroxyl groups is 1. The van der Waals surface area contributed by atoms with Gasteiger partial charge in [0, 0.05) is 13.1 Å². The van der Waals surface area contributed by atoms with Crippen molar-refractivity contribution in [2.45, 2.75) is 25.0 Å². The lowest BCUT2D eigenvalue weighted by Crippen LogP contribution is -2.38. The van der Waals surface area contributed by atoms with Gasteiger partial charge in [0.1, 0.15) is 24.2 Å². The van der Waals surface area contributed by atoms with Gasteiger partial charge in [-0.3, -0.25) is 4.90 Å². The van der Waals surface area contributed by atoms with Crippen LogP contribution in [0.15, 0.2) is 53.1 Å². The standard InChI is InChI=1S/C19H26N2O3/c22-16(15-24-17-7-2-1-3-8-17)13-20-14-18(19-9-6-12-23-19)21-10-4-5-11-21/h1-3,6-9,12,16,18,20,22H,4-5,10-11,13-15H2/t16-,18+/m0/s1. The number of ether oxygens (including phenoxy) is 1. The Balaban J connectivity index is 1.43. The Kier molecular flexibility index (Phi) is 6.29. The van der Waals surface area contributed by atoms with Crippen molar-refractivity contribution in [2.75, 3.05) is 32.8 Å². The fraction of sp³-hybridized carbons (Fsp3) is 0.474. The van der Waals surface area contributed by atoms with E-state index in [-0.39, 0.29) is 12.6 Å². The zero-order valence-corrected chi connectivity index (χ0v) is 13.9. The monoisotopic (exact) mass is 330 g/mol. The Morgan fingerprint density at radius 3 is 2.58 bits per heavy atom. The van der Waals surface area contributed by atoms with Crippen LogP contribution in [0.2, 0.25) is 0 Å². The molecule has 1 aromatic heterocycles. The number of nitrogens with one attached hydrogen (secondary N) is 1. The van der Waals surface area contributed by atoms with E-state index in [0.29, 0.717) is 6.54 Å². The molecular weight excluding hydrogens is 304 g/mol. The summed E-state index contributed by atoms with van der Waals surface area (Å²) in [4.78, 5) is 2.44. The quantitative estimate of drug-likeness (QED) is 0.740. The first-order valence-electron chi connectivity index (χ1n) is 8.67. The zero-order valence-electron chi connectivity index (χ0n) is 13.9. The number of hydrogen-bond donors (Lipinski definition) is 2. The van der Waals surface area contributed by atoms with Gasteiger partial charge in [0.25, 0.3) is 0 Å². The normalized spacial score (nSPS) is 17.7. The number of likely N-dealkylation sites (tertiary alicyclic amines) is 1. The SMILES string of the molecule is O[C@@H](CNC[C@H](c1ccco1)N1CCCC1)COc1ccccc1. The fourth-order valence-electron chi connectivity index (χ4n) is 3.10. The van der Waals surface area contributed by atoms with Crippen molar-refractivity contribution in [1.82, 2.24) is 10.2 Å². The summed E-state index contributed by atoms with van der Waals surface area (Å²) in [7, 11) is 0. The van der Waals surface area contributed by atoms with E-state index in [1.54, 1.807) is 6.26 Å². The predicted molar refractivity (Wildman–Crippen MR) is 93.1 cm³/mol. The minimum Gasteiger partial charge on any atom is -0.491 e. The van der Waals surface area contributed by atoms with E-state index in [1.807, 2.05) is 42.5 Å². The molecule has 24 heavy (non-hydrogen) atoms. The Morgan fingerprint density at radius 2 is 1.88 bits per heavy atom. The molecule has 1 aromatic carbocycles. The molecule has 2 N–H and O–H groups in total. The van der Waals surface area contributed by atoms with Crippen LogP contribution in [0, 0.1) is 0 Å². The first kappa shape index (κ1) is 17.0. The molecule has 0 spiro atoms. The molecule has 0 bridgehead atoms. The first-order chi connectivity index (χ1) is 11.8. The summed E-state index contributed by atoms with van der Waals surface area (Å²) in [5.74, 6) is 1.77. The molecule has 1 fully saturated rings. The van der Waals surface area contributed by atoms with E-state index in [4.69, 9.17) is 9.15 Å². The van der Waals surface area contributed by atoms with Gasteiger partial charge in [-0.15, -0.1) is 0 Å². The first-order valence-corrected chi connectivity index (χ1v) is 8.67. The van der Waals surface area contributed by atoms with Crippen molar-refractivity contribution in [3.63, 3.8) is 0 Å². The van der Waals surface area contributed by atoms with Crippen molar-refractivity contribution in [3.05, 3.63) is 54.5 Å². The van der Waals surface area contributed by atoms with Gasteiger partial charge in [0.15, 0.2) is 0 Å². The molecule has 130 valence electrons. The highest BCUT2D eigenvalue weighted by molar-refractivity contribution is 5.20. The van der Waals surface area contributed by atoms with Gasteiger partial charge in [-0.2, -0.15) is 0 Å². The van der Waals surface area contributed by atoms with Crippen molar-refractivity contribution < 1.29 is 14.3 Å². The van der Waals surface area contributed by atoms with Gasteiger partial charge in [-0.25, -0.2) is 0 Å². The summed E-state index contributed by atoms with van der Waals surface area (Å²) in [6, 6.07) is 13.7. The summed E-state index contributed by atoms with van der Waals surface area (Å²) in [5, 5.41) is 13.4. The summed E-state index contributed by atoms with van der Waals surface area (Å²) in [6.45, 7) is 3.75. The van der Waals surface area contributed by atoms with Crippen LogP contribution in [0.5, 0.6) is 5.75 Å². The van der Waals surface area contributed by atoms with Crippen molar-refractivity contribution in [3.8, 4) is 5.75 Å². The third-order valence-corrected chi connectivity index (χ3v) is 4.36. The second-order valence-electron chi connectivity index (χ2n) is 6.21. The summed E-state index contributed by atoms with van der Waals surface area (Å²) < 4.78 is 11.2. The van der Waals surface area contributed by atoms with E-state index in [9.17, 15) is 5.11 Å². The van der Waals surface area contributed by atoms with Crippen LogP contribution in [-0.2, 0) is 0 Å². The molecule has 1 aliphatic rings. The number of aliphatic hydroxyl groups excluding tert-OH is 1. The Labute approximate surface area is 143 Å². The molecule has 5 nitrogen and oxygen atoms in total. The molecule has 2 aromatic rings. The van der Waals surface area contributed by atoms with Gasteiger partial charge < -0.3 is 19.6 Å². The molecule has 0 aliphatic carbocycles. The summed E-state index contributed by atoms with van der Waals surface area (Å²) >= 11 is 0. The lowest BCUT2D eigenvalue weighted by Gasteiger charge is -2.26. The Hall–Kier alpha value is -1.82. The van der Waals surface area contributed by atoms with Gasteiger partial charge in [-0.05, 0) is 50.2 Å².